The van der Waals surface area contributed by atoms with E-state index in [1.54, 1.807) is 36.4 Å². The summed E-state index contributed by atoms with van der Waals surface area (Å²) >= 11 is 0. The number of fused-ring (bicyclic) bond motifs is 2. The van der Waals surface area contributed by atoms with E-state index in [0.29, 0.717) is 58.5 Å². The zero-order valence-corrected chi connectivity index (χ0v) is 22.6. The van der Waals surface area contributed by atoms with Crippen LogP contribution in [0.2, 0.25) is 0 Å². The van der Waals surface area contributed by atoms with Gasteiger partial charge in [0.05, 0.1) is 25.3 Å². The van der Waals surface area contributed by atoms with Crippen LogP contribution in [0, 0.1) is 11.8 Å². The monoisotopic (exact) mass is 587 g/mol. The summed E-state index contributed by atoms with van der Waals surface area (Å²) in [6, 6.07) is 11.8. The molecule has 2 aromatic heterocycles. The van der Waals surface area contributed by atoms with E-state index >= 15 is 0 Å². The van der Waals surface area contributed by atoms with Crippen LogP contribution in [-0.2, 0) is 17.1 Å². The molecule has 10 nitrogen and oxygen atoms in total. The molecule has 0 unspecified atom stereocenters. The second kappa shape index (κ2) is 13.6. The molecule has 209 valence electrons. The van der Waals surface area contributed by atoms with Crippen molar-refractivity contribution in [3.63, 3.8) is 0 Å². The van der Waals surface area contributed by atoms with Crippen LogP contribution in [-0.4, -0.2) is 25.2 Å². The normalized spacial score (nSPS) is 10.6. The van der Waals surface area contributed by atoms with Crippen molar-refractivity contribution in [2.75, 3.05) is 13.2 Å². The number of carboxylic acid groups (broad SMARTS) is 2. The first-order valence-corrected chi connectivity index (χ1v) is 11.9. The molecule has 0 aliphatic carbocycles. The van der Waals surface area contributed by atoms with Gasteiger partial charge in [0.15, 0.2) is 22.7 Å². The molecule has 1 radical (unpaired) electrons. The van der Waals surface area contributed by atoms with Gasteiger partial charge in [0.2, 0.25) is 10.9 Å². The van der Waals surface area contributed by atoms with Gasteiger partial charge in [-0.15, -0.1) is 0 Å². The number of carboxylic acids is 2. The number of rotatable bonds is 8. The van der Waals surface area contributed by atoms with Crippen LogP contribution in [0.3, 0.4) is 0 Å². The van der Waals surface area contributed by atoms with E-state index in [9.17, 15) is 29.4 Å². The number of hydrogen-bond acceptors (Lipinski definition) is 8. The Kier molecular flexibility index (Phi) is 10.9. The Bertz CT molecular complexity index is 1460. The van der Waals surface area contributed by atoms with E-state index in [0.717, 1.165) is 12.1 Å². The third-order valence-corrected chi connectivity index (χ3v) is 5.08. The van der Waals surface area contributed by atoms with Crippen LogP contribution in [0.15, 0.2) is 67.0 Å². The van der Waals surface area contributed by atoms with Crippen LogP contribution in [0.5, 0.6) is 11.5 Å². The number of hydrogen-bond donors (Lipinski definition) is 0. The second-order valence-electron chi connectivity index (χ2n) is 9.30. The van der Waals surface area contributed by atoms with E-state index in [2.05, 4.69) is 8.83 Å². The SMILES string of the molecule is CC(C)COc1cccc2[oH+]c(C(=O)[O-])cc(=O)c12.CC(C)COc1cccc2[oH+]c(C(=O)[O-])cc(=O)c12.[Cu+2]. The van der Waals surface area contributed by atoms with E-state index in [-0.39, 0.29) is 28.6 Å². The fourth-order valence-corrected chi connectivity index (χ4v) is 3.40. The fourth-order valence-electron chi connectivity index (χ4n) is 3.40. The maximum Gasteiger partial charge on any atom is 2.00 e. The van der Waals surface area contributed by atoms with Crippen molar-refractivity contribution < 1.29 is 55.2 Å². The Morgan fingerprint density at radius 3 is 1.38 bits per heavy atom. The summed E-state index contributed by atoms with van der Waals surface area (Å²) in [4.78, 5) is 45.4. The zero-order valence-electron chi connectivity index (χ0n) is 21.6. The van der Waals surface area contributed by atoms with Crippen molar-refractivity contribution >= 4 is 33.9 Å². The summed E-state index contributed by atoms with van der Waals surface area (Å²) in [6.45, 7) is 8.93. The van der Waals surface area contributed by atoms with E-state index < -0.39 is 22.8 Å². The molecular formula is C28H28CuO10+2. The minimum Gasteiger partial charge on any atom is -0.544 e. The molecule has 0 spiro atoms. The first-order chi connectivity index (χ1) is 18.0. The van der Waals surface area contributed by atoms with Crippen LogP contribution >= 0.6 is 0 Å². The van der Waals surface area contributed by atoms with E-state index in [4.69, 9.17) is 9.47 Å². The first kappa shape index (κ1) is 31.1. The molecule has 0 aliphatic heterocycles. The number of carbonyl (C=O) groups is 2. The molecule has 0 bridgehead atoms. The van der Waals surface area contributed by atoms with Gasteiger partial charge in [-0.1, -0.05) is 27.7 Å². The molecular weight excluding hydrogens is 560 g/mol. The van der Waals surface area contributed by atoms with Gasteiger partial charge < -0.3 is 38.1 Å². The van der Waals surface area contributed by atoms with Gasteiger partial charge in [-0.3, -0.25) is 9.59 Å². The van der Waals surface area contributed by atoms with E-state index in [1.165, 1.54) is 0 Å². The summed E-state index contributed by atoms with van der Waals surface area (Å²) in [5.41, 5.74) is -0.256. The Balaban J connectivity index is 0.000000267. The van der Waals surface area contributed by atoms with Gasteiger partial charge in [0, 0.05) is 12.1 Å². The molecule has 2 aromatic carbocycles. The maximum atomic E-state index is 12.0. The van der Waals surface area contributed by atoms with E-state index in [1.807, 2.05) is 27.7 Å². The molecule has 4 rings (SSSR count). The molecule has 11 heteroatoms. The van der Waals surface area contributed by atoms with Crippen LogP contribution < -0.4 is 30.5 Å². The maximum absolute atomic E-state index is 12.0. The number of carbonyl (C=O) groups excluding carboxylic acids is 2. The minimum atomic E-state index is -1.47. The topological polar surface area (TPSA) is 158 Å². The van der Waals surface area contributed by atoms with Gasteiger partial charge in [-0.2, -0.15) is 0 Å². The molecule has 0 fully saturated rings. The summed E-state index contributed by atoms with van der Waals surface area (Å²) in [5.74, 6) is -2.17. The van der Waals surface area contributed by atoms with Crippen molar-refractivity contribution in [3.05, 3.63) is 80.5 Å². The first-order valence-electron chi connectivity index (χ1n) is 11.9. The third-order valence-electron chi connectivity index (χ3n) is 5.08. The molecule has 39 heavy (non-hydrogen) atoms. The van der Waals surface area contributed by atoms with Crippen molar-refractivity contribution in [1.82, 2.24) is 0 Å². The minimum absolute atomic E-state index is 0. The van der Waals surface area contributed by atoms with Crippen LogP contribution in [0.4, 0.5) is 0 Å². The van der Waals surface area contributed by atoms with Gasteiger partial charge >= 0.3 is 17.1 Å². The Hall–Kier alpha value is -4.08. The molecule has 0 saturated carbocycles. The summed E-state index contributed by atoms with van der Waals surface area (Å²) in [6.07, 6.45) is 0. The van der Waals surface area contributed by atoms with Gasteiger partial charge in [-0.25, -0.2) is 0 Å². The third kappa shape index (κ3) is 7.95. The van der Waals surface area contributed by atoms with Crippen LogP contribution in [0.1, 0.15) is 48.8 Å². The number of ether oxygens (including phenoxy) is 2. The fraction of sp³-hybridized carbons (Fsp3) is 0.286. The van der Waals surface area contributed by atoms with Crippen molar-refractivity contribution in [2.45, 2.75) is 27.7 Å². The number of benzene rings is 2. The Morgan fingerprint density at radius 2 is 1.08 bits per heavy atom. The average molecular weight is 588 g/mol. The summed E-state index contributed by atoms with van der Waals surface area (Å²) in [5, 5.41) is 22.1. The molecule has 2 heterocycles. The zero-order chi connectivity index (χ0) is 28.0. The van der Waals surface area contributed by atoms with Crippen molar-refractivity contribution in [3.8, 4) is 11.5 Å². The Morgan fingerprint density at radius 1 is 0.718 bits per heavy atom. The number of aromatic carboxylic acids is 2. The van der Waals surface area contributed by atoms with Gasteiger partial charge in [0.1, 0.15) is 11.5 Å². The second-order valence-corrected chi connectivity index (χ2v) is 9.30. The molecule has 0 saturated heterocycles. The van der Waals surface area contributed by atoms with Gasteiger partial charge in [0.25, 0.3) is 22.7 Å². The quantitative estimate of drug-likeness (QED) is 0.225. The van der Waals surface area contributed by atoms with Crippen LogP contribution in [0.25, 0.3) is 21.9 Å². The Labute approximate surface area is 233 Å². The largest absolute Gasteiger partial charge is 2.00 e. The standard InChI is InChI=1S/2C14H14O5.Cu/c2*1-8(2)7-18-10-4-3-5-11-13(10)9(15)6-12(19-11)14(16)17;/h2*3-6,8H,7H2,1-2H3,(H,16,17);/q;;+2. The summed E-state index contributed by atoms with van der Waals surface area (Å²) in [7, 11) is 0. The average Bonchev–Trinajstić information content (AvgIpc) is 2.85. The molecule has 0 aliphatic rings. The molecule has 0 amide bonds. The predicted octanol–water partition coefficient (Wildman–Crippen LogP) is 2.61. The molecule has 4 aromatic rings. The summed E-state index contributed by atoms with van der Waals surface area (Å²) < 4.78 is 18.9. The predicted molar refractivity (Wildman–Crippen MR) is 137 cm³/mol. The van der Waals surface area contributed by atoms with Crippen molar-refractivity contribution in [1.29, 1.82) is 0 Å². The van der Waals surface area contributed by atoms with Gasteiger partial charge in [-0.05, 0) is 36.1 Å². The van der Waals surface area contributed by atoms with Crippen molar-refractivity contribution in [2.24, 2.45) is 11.8 Å². The molecule has 2 N–H and O–H groups in total. The molecule has 0 atom stereocenters. The smallest absolute Gasteiger partial charge is 0.544 e.